The Kier molecular flexibility index (Phi) is 5.25. The molecule has 5 heteroatoms. The van der Waals surface area contributed by atoms with Gasteiger partial charge in [-0.15, -0.1) is 12.4 Å². The van der Waals surface area contributed by atoms with Crippen molar-refractivity contribution in [2.24, 2.45) is 0 Å². The van der Waals surface area contributed by atoms with Crippen LogP contribution in [0.3, 0.4) is 0 Å². The zero-order chi connectivity index (χ0) is 10.7. The van der Waals surface area contributed by atoms with E-state index in [1.807, 2.05) is 28.8 Å². The molecule has 0 aromatic carbocycles. The summed E-state index contributed by atoms with van der Waals surface area (Å²) in [6.07, 6.45) is 2.41. The second-order valence-electron chi connectivity index (χ2n) is 3.99. The minimum atomic E-state index is 0. The van der Waals surface area contributed by atoms with Crippen molar-refractivity contribution in [2.45, 2.75) is 18.9 Å². The van der Waals surface area contributed by atoms with Crippen LogP contribution in [0, 0.1) is 0 Å². The Morgan fingerprint density at radius 3 is 3.06 bits per heavy atom. The Morgan fingerprint density at radius 2 is 2.50 bits per heavy atom. The molecule has 3 nitrogen and oxygen atoms in total. The molecule has 0 radical (unpaired) electrons. The number of carbonyl (C=O) groups is 1. The summed E-state index contributed by atoms with van der Waals surface area (Å²) in [5.74, 6) is 0.130. The van der Waals surface area contributed by atoms with E-state index in [4.69, 9.17) is 0 Å². The zero-order valence-electron chi connectivity index (χ0n) is 9.31. The molecular formula is C11H17ClN2OS. The van der Waals surface area contributed by atoms with Gasteiger partial charge in [0.2, 0.25) is 0 Å². The molecule has 1 aliphatic heterocycles. The maximum absolute atomic E-state index is 11.9. The molecule has 0 aliphatic carbocycles. The average molecular weight is 261 g/mol. The Bertz CT molecular complexity index is 323. The first-order chi connectivity index (χ1) is 7.27. The van der Waals surface area contributed by atoms with Gasteiger partial charge in [-0.1, -0.05) is 0 Å². The molecule has 1 amide bonds. The van der Waals surface area contributed by atoms with Gasteiger partial charge in [0.1, 0.15) is 0 Å². The summed E-state index contributed by atoms with van der Waals surface area (Å²) in [4.78, 5) is 13.7. The summed E-state index contributed by atoms with van der Waals surface area (Å²) < 4.78 is 0. The third-order valence-corrected chi connectivity index (χ3v) is 3.45. The van der Waals surface area contributed by atoms with E-state index in [9.17, 15) is 4.79 Å². The van der Waals surface area contributed by atoms with Crippen LogP contribution in [0.15, 0.2) is 16.8 Å². The van der Waals surface area contributed by atoms with Crippen LogP contribution in [0.4, 0.5) is 0 Å². The largest absolute Gasteiger partial charge is 0.340 e. The molecular weight excluding hydrogens is 244 g/mol. The molecule has 1 N–H and O–H groups in total. The van der Waals surface area contributed by atoms with Gasteiger partial charge in [0.25, 0.3) is 5.91 Å². The van der Waals surface area contributed by atoms with Crippen molar-refractivity contribution in [2.75, 3.05) is 20.1 Å². The summed E-state index contributed by atoms with van der Waals surface area (Å²) >= 11 is 1.56. The van der Waals surface area contributed by atoms with Gasteiger partial charge in [0.15, 0.2) is 0 Å². The summed E-state index contributed by atoms with van der Waals surface area (Å²) in [6, 6.07) is 2.36. The number of amides is 1. The molecule has 2 heterocycles. The van der Waals surface area contributed by atoms with E-state index >= 15 is 0 Å². The SMILES string of the molecule is CN(CC1CCCN1)C(=O)c1ccsc1.Cl. The highest BCUT2D eigenvalue weighted by atomic mass is 35.5. The summed E-state index contributed by atoms with van der Waals surface area (Å²) in [5, 5.41) is 7.24. The van der Waals surface area contributed by atoms with Crippen molar-refractivity contribution in [3.63, 3.8) is 0 Å². The van der Waals surface area contributed by atoms with E-state index in [1.165, 1.54) is 12.8 Å². The molecule has 0 spiro atoms. The number of rotatable bonds is 3. The second kappa shape index (κ2) is 6.23. The fourth-order valence-electron chi connectivity index (χ4n) is 1.93. The van der Waals surface area contributed by atoms with Crippen molar-refractivity contribution in [1.29, 1.82) is 0 Å². The van der Waals surface area contributed by atoms with Crippen LogP contribution >= 0.6 is 23.7 Å². The van der Waals surface area contributed by atoms with E-state index < -0.39 is 0 Å². The van der Waals surface area contributed by atoms with Crippen molar-refractivity contribution in [3.8, 4) is 0 Å². The van der Waals surface area contributed by atoms with E-state index in [-0.39, 0.29) is 18.3 Å². The summed E-state index contributed by atoms with van der Waals surface area (Å²) in [7, 11) is 1.88. The number of carbonyl (C=O) groups excluding carboxylic acids is 1. The standard InChI is InChI=1S/C11H16N2OS.ClH/c1-13(7-10-3-2-5-12-10)11(14)9-4-6-15-8-9;/h4,6,8,10,12H,2-3,5,7H2,1H3;1H. The van der Waals surface area contributed by atoms with Gasteiger partial charge >= 0.3 is 0 Å². The highest BCUT2D eigenvalue weighted by Crippen LogP contribution is 2.11. The molecule has 1 saturated heterocycles. The maximum Gasteiger partial charge on any atom is 0.254 e. The lowest BCUT2D eigenvalue weighted by Gasteiger charge is -2.20. The van der Waals surface area contributed by atoms with Crippen LogP contribution < -0.4 is 5.32 Å². The van der Waals surface area contributed by atoms with E-state index in [0.29, 0.717) is 6.04 Å². The lowest BCUT2D eigenvalue weighted by molar-refractivity contribution is 0.0784. The fourth-order valence-corrected chi connectivity index (χ4v) is 2.56. The van der Waals surface area contributed by atoms with Crippen LogP contribution in [0.5, 0.6) is 0 Å². The molecule has 1 atom stereocenters. The fraction of sp³-hybridized carbons (Fsp3) is 0.545. The first kappa shape index (κ1) is 13.5. The van der Waals surface area contributed by atoms with Crippen molar-refractivity contribution in [3.05, 3.63) is 22.4 Å². The van der Waals surface area contributed by atoms with Gasteiger partial charge in [-0.05, 0) is 30.8 Å². The number of hydrogen-bond donors (Lipinski definition) is 1. The number of likely N-dealkylation sites (N-methyl/N-ethyl adjacent to an activating group) is 1. The third-order valence-electron chi connectivity index (χ3n) is 2.77. The quantitative estimate of drug-likeness (QED) is 0.902. The topological polar surface area (TPSA) is 32.3 Å². The molecule has 1 aromatic rings. The van der Waals surface area contributed by atoms with E-state index in [0.717, 1.165) is 18.7 Å². The molecule has 1 fully saturated rings. The molecule has 1 aliphatic rings. The highest BCUT2D eigenvalue weighted by Gasteiger charge is 2.19. The number of nitrogens with zero attached hydrogens (tertiary/aromatic N) is 1. The Labute approximate surface area is 106 Å². The number of nitrogens with one attached hydrogen (secondary N) is 1. The van der Waals surface area contributed by atoms with Gasteiger partial charge < -0.3 is 10.2 Å². The Morgan fingerprint density at radius 1 is 1.69 bits per heavy atom. The first-order valence-electron chi connectivity index (χ1n) is 5.28. The monoisotopic (exact) mass is 260 g/mol. The predicted molar refractivity (Wildman–Crippen MR) is 69.6 cm³/mol. The van der Waals surface area contributed by atoms with Crippen molar-refractivity contribution >= 4 is 29.7 Å². The van der Waals surface area contributed by atoms with Crippen LogP contribution in [-0.4, -0.2) is 37.0 Å². The first-order valence-corrected chi connectivity index (χ1v) is 6.22. The van der Waals surface area contributed by atoms with Gasteiger partial charge in [0, 0.05) is 25.0 Å². The summed E-state index contributed by atoms with van der Waals surface area (Å²) in [5.41, 5.74) is 0.806. The number of hydrogen-bond acceptors (Lipinski definition) is 3. The molecule has 1 unspecified atom stereocenters. The molecule has 0 saturated carbocycles. The van der Waals surface area contributed by atoms with Crippen molar-refractivity contribution in [1.82, 2.24) is 10.2 Å². The minimum absolute atomic E-state index is 0. The van der Waals surface area contributed by atoms with Crippen LogP contribution in [-0.2, 0) is 0 Å². The van der Waals surface area contributed by atoms with Gasteiger partial charge in [-0.25, -0.2) is 0 Å². The normalized spacial score (nSPS) is 19.2. The van der Waals surface area contributed by atoms with Crippen LogP contribution in [0.25, 0.3) is 0 Å². The molecule has 90 valence electrons. The van der Waals surface area contributed by atoms with E-state index in [2.05, 4.69) is 5.32 Å². The highest BCUT2D eigenvalue weighted by molar-refractivity contribution is 7.08. The van der Waals surface area contributed by atoms with Crippen molar-refractivity contribution < 1.29 is 4.79 Å². The molecule has 16 heavy (non-hydrogen) atoms. The van der Waals surface area contributed by atoms with Gasteiger partial charge in [-0.2, -0.15) is 11.3 Å². The molecule has 1 aromatic heterocycles. The molecule has 0 bridgehead atoms. The van der Waals surface area contributed by atoms with Gasteiger partial charge in [-0.3, -0.25) is 4.79 Å². The lowest BCUT2D eigenvalue weighted by atomic mass is 10.2. The maximum atomic E-state index is 11.9. The Balaban J connectivity index is 0.00000128. The number of thiophene rings is 1. The average Bonchev–Trinajstić information content (AvgIpc) is 2.88. The molecule has 2 rings (SSSR count). The number of halogens is 1. The Hall–Kier alpha value is -0.580. The smallest absolute Gasteiger partial charge is 0.254 e. The minimum Gasteiger partial charge on any atom is -0.340 e. The van der Waals surface area contributed by atoms with Crippen LogP contribution in [0.2, 0.25) is 0 Å². The summed E-state index contributed by atoms with van der Waals surface area (Å²) in [6.45, 7) is 1.90. The van der Waals surface area contributed by atoms with Gasteiger partial charge in [0.05, 0.1) is 5.56 Å². The van der Waals surface area contributed by atoms with Crippen LogP contribution in [0.1, 0.15) is 23.2 Å². The third kappa shape index (κ3) is 3.20. The lowest BCUT2D eigenvalue weighted by Crippen LogP contribution is -2.38. The van der Waals surface area contributed by atoms with E-state index in [1.54, 1.807) is 11.3 Å². The second-order valence-corrected chi connectivity index (χ2v) is 4.77. The predicted octanol–water partition coefficient (Wildman–Crippen LogP) is 1.99. The zero-order valence-corrected chi connectivity index (χ0v) is 10.9.